The third-order valence-electron chi connectivity index (χ3n) is 2.78. The van der Waals surface area contributed by atoms with E-state index in [2.05, 4.69) is 5.16 Å². The molecular weight excluding hydrogens is 232 g/mol. The lowest BCUT2D eigenvalue weighted by atomic mass is 9.98. The molecule has 5 nitrogen and oxygen atoms in total. The topological polar surface area (TPSA) is 78.4 Å². The van der Waals surface area contributed by atoms with Crippen LogP contribution in [0.1, 0.15) is 21.5 Å². The summed E-state index contributed by atoms with van der Waals surface area (Å²) in [6, 6.07) is 5.28. The summed E-state index contributed by atoms with van der Waals surface area (Å²) in [6.45, 7) is 3.80. The van der Waals surface area contributed by atoms with Gasteiger partial charge in [-0.15, -0.1) is 0 Å². The van der Waals surface area contributed by atoms with E-state index in [4.69, 9.17) is 15.0 Å². The van der Waals surface area contributed by atoms with E-state index >= 15 is 0 Å². The van der Waals surface area contributed by atoms with E-state index in [1.807, 2.05) is 19.9 Å². The van der Waals surface area contributed by atoms with Crippen LogP contribution in [0.2, 0.25) is 0 Å². The SMILES string of the molecule is COC(=O)c1cc(-c2cc(N)on2)c(C)cc1C. The van der Waals surface area contributed by atoms with Crippen molar-refractivity contribution in [2.75, 3.05) is 12.8 Å². The molecule has 1 heterocycles. The summed E-state index contributed by atoms with van der Waals surface area (Å²) in [5.41, 5.74) is 9.28. The van der Waals surface area contributed by atoms with Crippen molar-refractivity contribution in [2.24, 2.45) is 0 Å². The number of rotatable bonds is 2. The lowest BCUT2D eigenvalue weighted by molar-refractivity contribution is 0.0600. The summed E-state index contributed by atoms with van der Waals surface area (Å²) in [4.78, 5) is 11.6. The van der Waals surface area contributed by atoms with Crippen molar-refractivity contribution < 1.29 is 14.1 Å². The van der Waals surface area contributed by atoms with Gasteiger partial charge in [-0.3, -0.25) is 0 Å². The van der Waals surface area contributed by atoms with E-state index < -0.39 is 0 Å². The Labute approximate surface area is 105 Å². The number of nitrogens with zero attached hydrogens (tertiary/aromatic N) is 1. The van der Waals surface area contributed by atoms with Gasteiger partial charge >= 0.3 is 5.97 Å². The van der Waals surface area contributed by atoms with Gasteiger partial charge in [0.1, 0.15) is 5.69 Å². The van der Waals surface area contributed by atoms with Crippen LogP contribution in [0.5, 0.6) is 0 Å². The molecule has 0 aliphatic heterocycles. The van der Waals surface area contributed by atoms with Gasteiger partial charge in [0, 0.05) is 11.6 Å². The number of nitrogen functional groups attached to an aromatic ring is 1. The molecule has 0 atom stereocenters. The predicted molar refractivity (Wildman–Crippen MR) is 67.2 cm³/mol. The second-order valence-corrected chi connectivity index (χ2v) is 4.09. The van der Waals surface area contributed by atoms with E-state index in [9.17, 15) is 4.79 Å². The van der Waals surface area contributed by atoms with Crippen molar-refractivity contribution in [3.63, 3.8) is 0 Å². The highest BCUT2D eigenvalue weighted by molar-refractivity contribution is 5.93. The monoisotopic (exact) mass is 246 g/mol. The Kier molecular flexibility index (Phi) is 3.06. The predicted octanol–water partition coefficient (Wildman–Crippen LogP) is 2.33. The van der Waals surface area contributed by atoms with E-state index in [0.717, 1.165) is 16.7 Å². The number of nitrogens with two attached hydrogens (primary N) is 1. The molecule has 0 radical (unpaired) electrons. The van der Waals surface area contributed by atoms with Crippen LogP contribution in [0.25, 0.3) is 11.3 Å². The normalized spacial score (nSPS) is 10.4. The number of benzene rings is 1. The lowest BCUT2D eigenvalue weighted by Crippen LogP contribution is -2.04. The number of esters is 1. The highest BCUT2D eigenvalue weighted by Crippen LogP contribution is 2.27. The number of anilines is 1. The highest BCUT2D eigenvalue weighted by Gasteiger charge is 2.15. The Morgan fingerprint density at radius 3 is 2.56 bits per heavy atom. The maximum Gasteiger partial charge on any atom is 0.338 e. The quantitative estimate of drug-likeness (QED) is 0.823. The van der Waals surface area contributed by atoms with Crippen LogP contribution in [0.3, 0.4) is 0 Å². The molecule has 94 valence electrons. The molecule has 0 saturated heterocycles. The molecule has 0 bridgehead atoms. The molecule has 0 spiro atoms. The van der Waals surface area contributed by atoms with E-state index in [-0.39, 0.29) is 11.9 Å². The van der Waals surface area contributed by atoms with Gasteiger partial charge in [-0.2, -0.15) is 0 Å². The number of hydrogen-bond acceptors (Lipinski definition) is 5. The summed E-state index contributed by atoms with van der Waals surface area (Å²) in [5, 5.41) is 3.85. The Morgan fingerprint density at radius 1 is 1.28 bits per heavy atom. The minimum atomic E-state index is -0.370. The van der Waals surface area contributed by atoms with Gasteiger partial charge in [0.2, 0.25) is 5.88 Å². The fourth-order valence-electron chi connectivity index (χ4n) is 1.87. The molecule has 0 fully saturated rings. The van der Waals surface area contributed by atoms with Crippen LogP contribution >= 0.6 is 0 Å². The zero-order valence-electron chi connectivity index (χ0n) is 10.5. The fraction of sp³-hybridized carbons (Fsp3) is 0.231. The average molecular weight is 246 g/mol. The number of aryl methyl sites for hydroxylation is 2. The van der Waals surface area contributed by atoms with Crippen LogP contribution in [0.15, 0.2) is 22.7 Å². The molecule has 0 saturated carbocycles. The molecule has 0 aliphatic carbocycles. The molecule has 2 aromatic rings. The standard InChI is InChI=1S/C13H14N2O3/c1-7-4-8(2)10(13(16)17-3)5-9(7)11-6-12(14)18-15-11/h4-6H,14H2,1-3H3. The maximum atomic E-state index is 11.6. The Hall–Kier alpha value is -2.30. The van der Waals surface area contributed by atoms with Gasteiger partial charge in [-0.25, -0.2) is 4.79 Å². The molecule has 0 aliphatic rings. The van der Waals surface area contributed by atoms with Gasteiger partial charge in [0.15, 0.2) is 0 Å². The average Bonchev–Trinajstić information content (AvgIpc) is 2.75. The lowest BCUT2D eigenvalue weighted by Gasteiger charge is -2.08. The Balaban J connectivity index is 2.58. The molecule has 0 amide bonds. The van der Waals surface area contributed by atoms with Gasteiger partial charge in [-0.05, 0) is 31.0 Å². The highest BCUT2D eigenvalue weighted by atomic mass is 16.5. The first kappa shape index (κ1) is 12.2. The van der Waals surface area contributed by atoms with Crippen molar-refractivity contribution in [1.29, 1.82) is 0 Å². The molecular formula is C13H14N2O3. The first-order chi connectivity index (χ1) is 8.52. The minimum Gasteiger partial charge on any atom is -0.465 e. The van der Waals surface area contributed by atoms with Gasteiger partial charge in [0.05, 0.1) is 12.7 Å². The first-order valence-corrected chi connectivity index (χ1v) is 5.45. The first-order valence-electron chi connectivity index (χ1n) is 5.45. The van der Waals surface area contributed by atoms with Crippen LogP contribution < -0.4 is 5.73 Å². The summed E-state index contributed by atoms with van der Waals surface area (Å²) in [7, 11) is 1.36. The van der Waals surface area contributed by atoms with Gasteiger partial charge < -0.3 is 15.0 Å². The van der Waals surface area contributed by atoms with Crippen molar-refractivity contribution in [2.45, 2.75) is 13.8 Å². The van der Waals surface area contributed by atoms with E-state index in [0.29, 0.717) is 11.3 Å². The number of carbonyl (C=O) groups is 1. The number of methoxy groups -OCH3 is 1. The second-order valence-electron chi connectivity index (χ2n) is 4.09. The van der Waals surface area contributed by atoms with Crippen LogP contribution in [0.4, 0.5) is 5.88 Å². The summed E-state index contributed by atoms with van der Waals surface area (Å²) in [5.74, 6) is -0.130. The molecule has 2 rings (SSSR count). The number of ether oxygens (including phenoxy) is 1. The number of aromatic nitrogens is 1. The third-order valence-corrected chi connectivity index (χ3v) is 2.78. The van der Waals surface area contributed by atoms with Gasteiger partial charge in [-0.1, -0.05) is 11.2 Å². The Morgan fingerprint density at radius 2 is 2.00 bits per heavy atom. The summed E-state index contributed by atoms with van der Waals surface area (Å²) >= 11 is 0. The van der Waals surface area contributed by atoms with Crippen molar-refractivity contribution in [1.82, 2.24) is 5.16 Å². The zero-order chi connectivity index (χ0) is 13.3. The zero-order valence-corrected chi connectivity index (χ0v) is 10.5. The van der Waals surface area contributed by atoms with E-state index in [1.165, 1.54) is 7.11 Å². The minimum absolute atomic E-state index is 0.240. The van der Waals surface area contributed by atoms with Gasteiger partial charge in [0.25, 0.3) is 0 Å². The van der Waals surface area contributed by atoms with Crippen molar-refractivity contribution >= 4 is 11.9 Å². The summed E-state index contributed by atoms with van der Waals surface area (Å²) < 4.78 is 9.59. The smallest absolute Gasteiger partial charge is 0.338 e. The van der Waals surface area contributed by atoms with E-state index in [1.54, 1.807) is 12.1 Å². The third kappa shape index (κ3) is 2.07. The molecule has 1 aromatic carbocycles. The molecule has 5 heteroatoms. The maximum absolute atomic E-state index is 11.6. The van der Waals surface area contributed by atoms with Crippen LogP contribution in [0, 0.1) is 13.8 Å². The largest absolute Gasteiger partial charge is 0.465 e. The number of hydrogen-bond donors (Lipinski definition) is 1. The second kappa shape index (κ2) is 4.52. The number of carbonyl (C=O) groups excluding carboxylic acids is 1. The summed E-state index contributed by atoms with van der Waals surface area (Å²) in [6.07, 6.45) is 0. The Bertz CT molecular complexity index is 602. The molecule has 0 unspecified atom stereocenters. The fourth-order valence-corrected chi connectivity index (χ4v) is 1.87. The van der Waals surface area contributed by atoms with Crippen LogP contribution in [-0.2, 0) is 4.74 Å². The van der Waals surface area contributed by atoms with Crippen LogP contribution in [-0.4, -0.2) is 18.2 Å². The molecule has 2 N–H and O–H groups in total. The molecule has 1 aromatic heterocycles. The van der Waals surface area contributed by atoms with Crippen molar-refractivity contribution in [3.05, 3.63) is 34.9 Å². The molecule has 18 heavy (non-hydrogen) atoms. The van der Waals surface area contributed by atoms with Crippen molar-refractivity contribution in [3.8, 4) is 11.3 Å².